The summed E-state index contributed by atoms with van der Waals surface area (Å²) in [5.74, 6) is 3.73. The van der Waals surface area contributed by atoms with Gasteiger partial charge in [-0.25, -0.2) is 0 Å². The third-order valence-electron chi connectivity index (χ3n) is 4.90. The molecule has 0 nitrogen and oxygen atoms in total. The minimum absolute atomic E-state index is 0.907. The van der Waals surface area contributed by atoms with Crippen molar-refractivity contribution < 1.29 is 0 Å². The SMILES string of the molecule is CCC(C)CC(CC)CCCC(C)C(C)CC. The zero-order valence-electron chi connectivity index (χ0n) is 13.3. The van der Waals surface area contributed by atoms with Gasteiger partial charge < -0.3 is 0 Å². The first-order valence-corrected chi connectivity index (χ1v) is 8.04. The van der Waals surface area contributed by atoms with E-state index in [1.54, 1.807) is 0 Å². The number of hydrogen-bond acceptors (Lipinski definition) is 0. The lowest BCUT2D eigenvalue weighted by Gasteiger charge is -2.21. The second kappa shape index (κ2) is 9.97. The van der Waals surface area contributed by atoms with Crippen molar-refractivity contribution in [3.8, 4) is 0 Å². The zero-order chi connectivity index (χ0) is 13.3. The van der Waals surface area contributed by atoms with Crippen LogP contribution in [0.3, 0.4) is 0 Å². The van der Waals surface area contributed by atoms with E-state index in [2.05, 4.69) is 41.5 Å². The maximum absolute atomic E-state index is 2.43. The molecule has 0 saturated heterocycles. The van der Waals surface area contributed by atoms with Crippen molar-refractivity contribution in [1.29, 1.82) is 0 Å². The maximum atomic E-state index is 2.43. The van der Waals surface area contributed by atoms with E-state index in [-0.39, 0.29) is 0 Å². The molecular formula is C17H36. The summed E-state index contributed by atoms with van der Waals surface area (Å²) in [6.07, 6.45) is 9.85. The summed E-state index contributed by atoms with van der Waals surface area (Å²) in [7, 11) is 0. The van der Waals surface area contributed by atoms with E-state index < -0.39 is 0 Å². The van der Waals surface area contributed by atoms with Crippen LogP contribution in [0.25, 0.3) is 0 Å². The average Bonchev–Trinajstić information content (AvgIpc) is 2.35. The summed E-state index contributed by atoms with van der Waals surface area (Å²) in [4.78, 5) is 0. The molecule has 4 atom stereocenters. The van der Waals surface area contributed by atoms with Gasteiger partial charge in [0.25, 0.3) is 0 Å². The van der Waals surface area contributed by atoms with E-state index >= 15 is 0 Å². The second-order valence-corrected chi connectivity index (χ2v) is 6.32. The van der Waals surface area contributed by atoms with Gasteiger partial charge in [-0.3, -0.25) is 0 Å². The van der Waals surface area contributed by atoms with Crippen molar-refractivity contribution in [3.63, 3.8) is 0 Å². The Bertz CT molecular complexity index is 161. The van der Waals surface area contributed by atoms with Gasteiger partial charge in [-0.15, -0.1) is 0 Å². The lowest BCUT2D eigenvalue weighted by atomic mass is 9.85. The van der Waals surface area contributed by atoms with E-state index in [9.17, 15) is 0 Å². The smallest absolute Gasteiger partial charge is 0.0414 e. The Balaban J connectivity index is 3.76. The van der Waals surface area contributed by atoms with Gasteiger partial charge in [0.2, 0.25) is 0 Å². The molecule has 0 N–H and O–H groups in total. The topological polar surface area (TPSA) is 0 Å². The molecule has 0 aromatic heterocycles. The number of hydrogen-bond donors (Lipinski definition) is 0. The van der Waals surface area contributed by atoms with E-state index in [0.29, 0.717) is 0 Å². The van der Waals surface area contributed by atoms with Crippen molar-refractivity contribution in [3.05, 3.63) is 0 Å². The monoisotopic (exact) mass is 240 g/mol. The van der Waals surface area contributed by atoms with Gasteiger partial charge in [0.1, 0.15) is 0 Å². The molecule has 0 aromatic carbocycles. The summed E-state index contributed by atoms with van der Waals surface area (Å²) < 4.78 is 0. The normalized spacial score (nSPS) is 18.7. The van der Waals surface area contributed by atoms with Gasteiger partial charge >= 0.3 is 0 Å². The maximum Gasteiger partial charge on any atom is -0.0414 e. The standard InChI is InChI=1S/C17H36/c1-7-14(4)13-17(9-3)12-10-11-16(6)15(5)8-2/h14-17H,7-13H2,1-6H3. The van der Waals surface area contributed by atoms with Crippen molar-refractivity contribution in [2.75, 3.05) is 0 Å². The Hall–Kier alpha value is 0. The van der Waals surface area contributed by atoms with Crippen LogP contribution in [0.1, 0.15) is 86.5 Å². The van der Waals surface area contributed by atoms with Gasteiger partial charge in [-0.2, -0.15) is 0 Å². The first kappa shape index (κ1) is 17.0. The molecule has 0 aliphatic rings. The van der Waals surface area contributed by atoms with Gasteiger partial charge in [0, 0.05) is 0 Å². The highest BCUT2D eigenvalue weighted by Crippen LogP contribution is 2.26. The second-order valence-electron chi connectivity index (χ2n) is 6.32. The van der Waals surface area contributed by atoms with Crippen molar-refractivity contribution >= 4 is 0 Å². The van der Waals surface area contributed by atoms with Crippen LogP contribution in [0, 0.1) is 23.7 Å². The lowest BCUT2D eigenvalue weighted by Crippen LogP contribution is -2.09. The molecule has 0 radical (unpaired) electrons. The molecule has 0 saturated carbocycles. The van der Waals surface area contributed by atoms with Crippen molar-refractivity contribution in [1.82, 2.24) is 0 Å². The first-order chi connectivity index (χ1) is 8.04. The quantitative estimate of drug-likeness (QED) is 0.420. The highest BCUT2D eigenvalue weighted by Gasteiger charge is 2.13. The predicted molar refractivity (Wildman–Crippen MR) is 80.3 cm³/mol. The Morgan fingerprint density at radius 3 is 1.82 bits per heavy atom. The Kier molecular flexibility index (Phi) is 9.97. The molecular weight excluding hydrogens is 204 g/mol. The van der Waals surface area contributed by atoms with E-state index in [1.165, 1.54) is 44.9 Å². The minimum atomic E-state index is 0.907. The van der Waals surface area contributed by atoms with E-state index in [4.69, 9.17) is 0 Å². The van der Waals surface area contributed by atoms with Gasteiger partial charge in [0.15, 0.2) is 0 Å². The molecule has 0 heterocycles. The summed E-state index contributed by atoms with van der Waals surface area (Å²) >= 11 is 0. The Labute approximate surface area is 111 Å². The summed E-state index contributed by atoms with van der Waals surface area (Å²) in [6, 6.07) is 0. The summed E-state index contributed by atoms with van der Waals surface area (Å²) in [5, 5.41) is 0. The van der Waals surface area contributed by atoms with Crippen LogP contribution < -0.4 is 0 Å². The predicted octanol–water partition coefficient (Wildman–Crippen LogP) is 6.30. The molecule has 0 aliphatic carbocycles. The Morgan fingerprint density at radius 2 is 1.35 bits per heavy atom. The third kappa shape index (κ3) is 7.84. The van der Waals surface area contributed by atoms with E-state index in [0.717, 1.165) is 23.7 Å². The molecule has 0 bridgehead atoms. The largest absolute Gasteiger partial charge is 0.0651 e. The molecule has 0 spiro atoms. The van der Waals surface area contributed by atoms with E-state index in [1.807, 2.05) is 0 Å². The average molecular weight is 240 g/mol. The summed E-state index contributed by atoms with van der Waals surface area (Å²) in [6.45, 7) is 14.3. The highest BCUT2D eigenvalue weighted by atomic mass is 14.2. The summed E-state index contributed by atoms with van der Waals surface area (Å²) in [5.41, 5.74) is 0. The Morgan fingerprint density at radius 1 is 0.706 bits per heavy atom. The molecule has 0 aliphatic heterocycles. The van der Waals surface area contributed by atoms with Gasteiger partial charge in [-0.1, -0.05) is 80.1 Å². The fourth-order valence-corrected chi connectivity index (χ4v) is 2.64. The van der Waals surface area contributed by atoms with Crippen molar-refractivity contribution in [2.45, 2.75) is 86.5 Å². The van der Waals surface area contributed by atoms with Crippen LogP contribution in [0.2, 0.25) is 0 Å². The molecule has 4 unspecified atom stereocenters. The molecule has 0 fully saturated rings. The molecule has 0 aromatic rings. The molecule has 17 heavy (non-hydrogen) atoms. The van der Waals surface area contributed by atoms with Crippen LogP contribution >= 0.6 is 0 Å². The van der Waals surface area contributed by atoms with Crippen molar-refractivity contribution in [2.24, 2.45) is 23.7 Å². The van der Waals surface area contributed by atoms with Crippen LogP contribution in [-0.4, -0.2) is 0 Å². The molecule has 0 heteroatoms. The lowest BCUT2D eigenvalue weighted by molar-refractivity contribution is 0.305. The zero-order valence-corrected chi connectivity index (χ0v) is 13.3. The molecule has 0 rings (SSSR count). The third-order valence-corrected chi connectivity index (χ3v) is 4.90. The van der Waals surface area contributed by atoms with Crippen LogP contribution in [-0.2, 0) is 0 Å². The fraction of sp³-hybridized carbons (Fsp3) is 1.00. The molecule has 0 amide bonds. The first-order valence-electron chi connectivity index (χ1n) is 8.04. The van der Waals surface area contributed by atoms with Crippen LogP contribution in [0.15, 0.2) is 0 Å². The van der Waals surface area contributed by atoms with Crippen LogP contribution in [0.5, 0.6) is 0 Å². The number of rotatable bonds is 10. The fourth-order valence-electron chi connectivity index (χ4n) is 2.64. The van der Waals surface area contributed by atoms with Gasteiger partial charge in [0.05, 0.1) is 0 Å². The van der Waals surface area contributed by atoms with Gasteiger partial charge in [-0.05, 0) is 30.1 Å². The molecule has 104 valence electrons. The van der Waals surface area contributed by atoms with Crippen LogP contribution in [0.4, 0.5) is 0 Å². The highest BCUT2D eigenvalue weighted by molar-refractivity contribution is 4.65. The minimum Gasteiger partial charge on any atom is -0.0651 e.